The molecule has 0 spiro atoms. The van der Waals surface area contributed by atoms with Gasteiger partial charge in [-0.15, -0.1) is 0 Å². The summed E-state index contributed by atoms with van der Waals surface area (Å²) in [4.78, 5) is 23.7. The maximum absolute atomic E-state index is 13.2. The molecule has 1 aromatic rings. The number of hydrogen-bond donors (Lipinski definition) is 2. The monoisotopic (exact) mass is 279 g/mol. The van der Waals surface area contributed by atoms with Crippen molar-refractivity contribution in [3.8, 4) is 0 Å². The Hall–Kier alpha value is -1.91. The molecule has 1 aromatic carbocycles. The van der Waals surface area contributed by atoms with E-state index in [1.807, 2.05) is 0 Å². The minimum Gasteiger partial charge on any atom is -0.480 e. The Morgan fingerprint density at radius 1 is 1.25 bits per heavy atom. The lowest BCUT2D eigenvalue weighted by Gasteiger charge is -2.34. The molecular formula is C15H18FNO3. The highest BCUT2D eigenvalue weighted by Crippen LogP contribution is 2.29. The van der Waals surface area contributed by atoms with Crippen LogP contribution in [0.1, 0.15) is 48.0 Å². The smallest absolute Gasteiger partial charge is 0.329 e. The van der Waals surface area contributed by atoms with Gasteiger partial charge in [-0.2, -0.15) is 0 Å². The Balaban J connectivity index is 2.20. The number of aliphatic carboxylic acids is 1. The zero-order valence-electron chi connectivity index (χ0n) is 11.4. The molecule has 2 N–H and O–H groups in total. The largest absolute Gasteiger partial charge is 0.480 e. The van der Waals surface area contributed by atoms with E-state index in [1.165, 1.54) is 18.2 Å². The molecule has 0 unspecified atom stereocenters. The van der Waals surface area contributed by atoms with Gasteiger partial charge in [-0.3, -0.25) is 4.79 Å². The summed E-state index contributed by atoms with van der Waals surface area (Å²) in [6.45, 7) is 1.57. The first-order chi connectivity index (χ1) is 9.44. The Kier molecular flexibility index (Phi) is 4.06. The third-order valence-electron chi connectivity index (χ3n) is 3.89. The van der Waals surface area contributed by atoms with Gasteiger partial charge in [-0.1, -0.05) is 19.3 Å². The van der Waals surface area contributed by atoms with E-state index in [2.05, 4.69) is 5.32 Å². The lowest BCUT2D eigenvalue weighted by atomic mass is 9.81. The molecule has 1 fully saturated rings. The fourth-order valence-electron chi connectivity index (χ4n) is 2.62. The molecule has 0 saturated heterocycles. The minimum absolute atomic E-state index is 0.287. The number of rotatable bonds is 3. The topological polar surface area (TPSA) is 66.4 Å². The van der Waals surface area contributed by atoms with Crippen LogP contribution in [0.5, 0.6) is 0 Å². The van der Waals surface area contributed by atoms with Gasteiger partial charge in [-0.25, -0.2) is 9.18 Å². The Labute approximate surface area is 117 Å². The van der Waals surface area contributed by atoms with E-state index in [0.717, 1.165) is 19.3 Å². The fraction of sp³-hybridized carbons (Fsp3) is 0.467. The molecule has 0 aliphatic heterocycles. The highest BCUT2D eigenvalue weighted by molar-refractivity contribution is 5.98. The van der Waals surface area contributed by atoms with Crippen molar-refractivity contribution in [1.82, 2.24) is 5.32 Å². The molecule has 108 valence electrons. The van der Waals surface area contributed by atoms with Crippen molar-refractivity contribution in [3.63, 3.8) is 0 Å². The van der Waals surface area contributed by atoms with Crippen LogP contribution < -0.4 is 5.32 Å². The second kappa shape index (κ2) is 5.61. The van der Waals surface area contributed by atoms with Crippen LogP contribution in [0.4, 0.5) is 4.39 Å². The number of nitrogens with one attached hydrogen (secondary N) is 1. The van der Waals surface area contributed by atoms with Crippen LogP contribution in [0.2, 0.25) is 0 Å². The van der Waals surface area contributed by atoms with Crippen LogP contribution >= 0.6 is 0 Å². The second-order valence-electron chi connectivity index (χ2n) is 5.37. The average molecular weight is 279 g/mol. The summed E-state index contributed by atoms with van der Waals surface area (Å²) in [5.41, 5.74) is -0.529. The van der Waals surface area contributed by atoms with Crippen molar-refractivity contribution in [2.75, 3.05) is 0 Å². The van der Waals surface area contributed by atoms with Crippen molar-refractivity contribution < 1.29 is 19.1 Å². The molecule has 1 amide bonds. The maximum atomic E-state index is 13.2. The summed E-state index contributed by atoms with van der Waals surface area (Å²) in [5, 5.41) is 12.0. The predicted octanol–water partition coefficient (Wildman–Crippen LogP) is 2.65. The van der Waals surface area contributed by atoms with Gasteiger partial charge in [0.2, 0.25) is 0 Å². The number of carboxylic acids is 1. The maximum Gasteiger partial charge on any atom is 0.329 e. The van der Waals surface area contributed by atoms with Gasteiger partial charge >= 0.3 is 5.97 Å². The van der Waals surface area contributed by atoms with Gasteiger partial charge in [0.1, 0.15) is 11.4 Å². The van der Waals surface area contributed by atoms with Crippen molar-refractivity contribution >= 4 is 11.9 Å². The van der Waals surface area contributed by atoms with Gasteiger partial charge in [0.25, 0.3) is 5.91 Å². The highest BCUT2D eigenvalue weighted by Gasteiger charge is 2.41. The summed E-state index contributed by atoms with van der Waals surface area (Å²) in [5.74, 6) is -1.84. The minimum atomic E-state index is -1.18. The molecule has 0 bridgehead atoms. The molecule has 4 nitrogen and oxygen atoms in total. The van der Waals surface area contributed by atoms with Crippen molar-refractivity contribution in [3.05, 3.63) is 35.1 Å². The van der Waals surface area contributed by atoms with Crippen LogP contribution in [-0.4, -0.2) is 22.5 Å². The lowest BCUT2D eigenvalue weighted by molar-refractivity contribution is -0.145. The Bertz CT molecular complexity index is 536. The first kappa shape index (κ1) is 14.5. The van der Waals surface area contributed by atoms with E-state index in [1.54, 1.807) is 6.92 Å². The molecule has 0 aromatic heterocycles. The number of benzene rings is 1. The summed E-state index contributed by atoms with van der Waals surface area (Å²) in [6.07, 6.45) is 3.44. The average Bonchev–Trinajstić information content (AvgIpc) is 2.42. The number of carbonyl (C=O) groups excluding carboxylic acids is 1. The van der Waals surface area contributed by atoms with Crippen LogP contribution in [0, 0.1) is 12.7 Å². The highest BCUT2D eigenvalue weighted by atomic mass is 19.1. The zero-order valence-corrected chi connectivity index (χ0v) is 11.4. The standard InChI is InChI=1S/C15H18FNO3/c1-10-9-11(5-6-12(10)16)13(18)17-15(14(19)20)7-3-2-4-8-15/h5-6,9H,2-4,7-8H2,1H3,(H,17,18)(H,19,20). The molecule has 1 aliphatic rings. The Morgan fingerprint density at radius 2 is 1.90 bits per heavy atom. The first-order valence-corrected chi connectivity index (χ1v) is 6.77. The summed E-state index contributed by atoms with van der Waals surface area (Å²) in [6, 6.07) is 4.03. The van der Waals surface area contributed by atoms with Gasteiger partial charge in [0, 0.05) is 5.56 Å². The molecule has 0 heterocycles. The second-order valence-corrected chi connectivity index (χ2v) is 5.37. The SMILES string of the molecule is Cc1cc(C(=O)NC2(C(=O)O)CCCCC2)ccc1F. The fourth-order valence-corrected chi connectivity index (χ4v) is 2.62. The summed E-state index contributed by atoms with van der Waals surface area (Å²) >= 11 is 0. The quantitative estimate of drug-likeness (QED) is 0.894. The molecule has 0 atom stereocenters. The number of hydrogen-bond acceptors (Lipinski definition) is 2. The molecule has 2 rings (SSSR count). The van der Waals surface area contributed by atoms with E-state index in [9.17, 15) is 19.1 Å². The number of amides is 1. The molecule has 20 heavy (non-hydrogen) atoms. The predicted molar refractivity (Wildman–Crippen MR) is 72.1 cm³/mol. The zero-order chi connectivity index (χ0) is 14.8. The van der Waals surface area contributed by atoms with Gasteiger partial charge in [0.05, 0.1) is 0 Å². The Morgan fingerprint density at radius 3 is 2.45 bits per heavy atom. The molecule has 1 saturated carbocycles. The molecular weight excluding hydrogens is 261 g/mol. The summed E-state index contributed by atoms with van der Waals surface area (Å²) in [7, 11) is 0. The third-order valence-corrected chi connectivity index (χ3v) is 3.89. The lowest BCUT2D eigenvalue weighted by Crippen LogP contribution is -2.55. The van der Waals surface area contributed by atoms with E-state index >= 15 is 0 Å². The van der Waals surface area contributed by atoms with Gasteiger partial charge in [-0.05, 0) is 43.5 Å². The van der Waals surface area contributed by atoms with Crippen LogP contribution in [0.3, 0.4) is 0 Å². The number of halogens is 1. The number of carbonyl (C=O) groups is 2. The van der Waals surface area contributed by atoms with Crippen molar-refractivity contribution in [2.45, 2.75) is 44.6 Å². The van der Waals surface area contributed by atoms with Gasteiger partial charge in [0.15, 0.2) is 0 Å². The molecule has 1 aliphatic carbocycles. The first-order valence-electron chi connectivity index (χ1n) is 6.77. The number of carboxylic acid groups (broad SMARTS) is 1. The van der Waals surface area contributed by atoms with E-state index in [0.29, 0.717) is 18.4 Å². The summed E-state index contributed by atoms with van der Waals surface area (Å²) < 4.78 is 13.2. The molecule has 5 heteroatoms. The van der Waals surface area contributed by atoms with Gasteiger partial charge < -0.3 is 10.4 Å². The van der Waals surface area contributed by atoms with Crippen LogP contribution in [0.15, 0.2) is 18.2 Å². The third kappa shape index (κ3) is 2.81. The van der Waals surface area contributed by atoms with E-state index in [4.69, 9.17) is 0 Å². The van der Waals surface area contributed by atoms with Crippen LogP contribution in [-0.2, 0) is 4.79 Å². The molecule has 0 radical (unpaired) electrons. The number of aryl methyl sites for hydroxylation is 1. The van der Waals surface area contributed by atoms with Crippen molar-refractivity contribution in [1.29, 1.82) is 0 Å². The van der Waals surface area contributed by atoms with Crippen LogP contribution in [0.25, 0.3) is 0 Å². The van der Waals surface area contributed by atoms with E-state index < -0.39 is 17.4 Å². The van der Waals surface area contributed by atoms with E-state index in [-0.39, 0.29) is 11.4 Å². The van der Waals surface area contributed by atoms with Crippen molar-refractivity contribution in [2.24, 2.45) is 0 Å². The normalized spacial score (nSPS) is 17.5.